The van der Waals surface area contributed by atoms with Gasteiger partial charge in [-0.3, -0.25) is 4.90 Å². The largest absolute Gasteiger partial charge is 0.384 e. The fourth-order valence-electron chi connectivity index (χ4n) is 2.73. The Balaban J connectivity index is 1.94. The highest BCUT2D eigenvalue weighted by atomic mass is 16.5. The van der Waals surface area contributed by atoms with Crippen LogP contribution >= 0.6 is 0 Å². The zero-order chi connectivity index (χ0) is 13.0. The minimum Gasteiger partial charge on any atom is -0.384 e. The average molecular weight is 248 g/mol. The molecule has 100 valence electrons. The van der Waals surface area contributed by atoms with Gasteiger partial charge in [-0.25, -0.2) is 0 Å². The van der Waals surface area contributed by atoms with E-state index in [0.717, 1.165) is 19.7 Å². The van der Waals surface area contributed by atoms with Crippen LogP contribution in [0.2, 0.25) is 0 Å². The quantitative estimate of drug-likeness (QED) is 0.865. The van der Waals surface area contributed by atoms with Crippen molar-refractivity contribution in [3.05, 3.63) is 34.9 Å². The molecule has 3 nitrogen and oxygen atoms in total. The molecule has 3 heteroatoms. The van der Waals surface area contributed by atoms with Crippen LogP contribution < -0.4 is 5.73 Å². The Bertz CT molecular complexity index is 392. The minimum atomic E-state index is 0.626. The van der Waals surface area contributed by atoms with Crippen LogP contribution in [0.3, 0.4) is 0 Å². The highest BCUT2D eigenvalue weighted by Gasteiger charge is 2.22. The Labute approximate surface area is 110 Å². The first-order valence-electron chi connectivity index (χ1n) is 6.72. The smallest absolute Gasteiger partial charge is 0.0503 e. The molecule has 1 aliphatic rings. The van der Waals surface area contributed by atoms with E-state index in [1.165, 1.54) is 29.7 Å². The van der Waals surface area contributed by atoms with Gasteiger partial charge in [0.2, 0.25) is 0 Å². The van der Waals surface area contributed by atoms with E-state index in [1.807, 2.05) is 0 Å². The fraction of sp³-hybridized carbons (Fsp3) is 0.600. The van der Waals surface area contributed by atoms with E-state index in [9.17, 15) is 0 Å². The van der Waals surface area contributed by atoms with Crippen molar-refractivity contribution in [1.29, 1.82) is 0 Å². The van der Waals surface area contributed by atoms with Gasteiger partial charge in [0.15, 0.2) is 0 Å². The van der Waals surface area contributed by atoms with Gasteiger partial charge < -0.3 is 10.5 Å². The van der Waals surface area contributed by atoms with Crippen LogP contribution in [0.25, 0.3) is 0 Å². The molecule has 1 heterocycles. The Morgan fingerprint density at radius 2 is 2.28 bits per heavy atom. The molecule has 1 aromatic carbocycles. The molecule has 1 aliphatic heterocycles. The van der Waals surface area contributed by atoms with Gasteiger partial charge in [-0.1, -0.05) is 18.2 Å². The summed E-state index contributed by atoms with van der Waals surface area (Å²) in [5.74, 6) is 0.707. The van der Waals surface area contributed by atoms with Crippen LogP contribution in [-0.4, -0.2) is 31.7 Å². The van der Waals surface area contributed by atoms with Crippen LogP contribution in [0, 0.1) is 12.8 Å². The number of ether oxygens (including phenoxy) is 1. The molecule has 1 unspecified atom stereocenters. The normalized spacial score (nSPS) is 20.5. The number of nitrogens with two attached hydrogens (primary N) is 1. The second-order valence-corrected chi connectivity index (χ2v) is 5.31. The standard InChI is InChI=1S/C15H24N2O/c1-12-7-13(8-16)3-4-15(12)10-17-6-5-14(9-17)11-18-2/h3-4,7,14H,5-6,8-11,16H2,1-2H3. The second kappa shape index (κ2) is 6.32. The van der Waals surface area contributed by atoms with Crippen molar-refractivity contribution in [3.63, 3.8) is 0 Å². The third kappa shape index (κ3) is 3.31. The number of methoxy groups -OCH3 is 1. The molecule has 0 saturated carbocycles. The SMILES string of the molecule is COCC1CCN(Cc2ccc(CN)cc2C)C1. The van der Waals surface area contributed by atoms with E-state index in [-0.39, 0.29) is 0 Å². The van der Waals surface area contributed by atoms with Crippen LogP contribution in [0.4, 0.5) is 0 Å². The molecule has 1 atom stereocenters. The lowest BCUT2D eigenvalue weighted by Gasteiger charge is -2.18. The van der Waals surface area contributed by atoms with Crippen molar-refractivity contribution in [2.75, 3.05) is 26.8 Å². The highest BCUT2D eigenvalue weighted by molar-refractivity contribution is 5.31. The molecule has 0 amide bonds. The van der Waals surface area contributed by atoms with Crippen LogP contribution in [-0.2, 0) is 17.8 Å². The summed E-state index contributed by atoms with van der Waals surface area (Å²) < 4.78 is 5.24. The van der Waals surface area contributed by atoms with Crippen LogP contribution in [0.1, 0.15) is 23.1 Å². The van der Waals surface area contributed by atoms with Gasteiger partial charge in [-0.2, -0.15) is 0 Å². The maximum atomic E-state index is 5.66. The van der Waals surface area contributed by atoms with Crippen molar-refractivity contribution >= 4 is 0 Å². The van der Waals surface area contributed by atoms with Crippen LogP contribution in [0.15, 0.2) is 18.2 Å². The van der Waals surface area contributed by atoms with Gasteiger partial charge in [-0.05, 0) is 42.5 Å². The zero-order valence-corrected chi connectivity index (χ0v) is 11.5. The van der Waals surface area contributed by atoms with Crippen molar-refractivity contribution in [2.24, 2.45) is 11.7 Å². The minimum absolute atomic E-state index is 0.626. The summed E-state index contributed by atoms with van der Waals surface area (Å²) in [5.41, 5.74) is 9.65. The highest BCUT2D eigenvalue weighted by Crippen LogP contribution is 2.20. The number of hydrogen-bond donors (Lipinski definition) is 1. The molecule has 0 spiro atoms. The first-order chi connectivity index (χ1) is 8.72. The van der Waals surface area contributed by atoms with Crippen molar-refractivity contribution in [1.82, 2.24) is 4.90 Å². The molecule has 2 rings (SSSR count). The van der Waals surface area contributed by atoms with Gasteiger partial charge in [0.25, 0.3) is 0 Å². The molecule has 1 aromatic rings. The molecule has 18 heavy (non-hydrogen) atoms. The first kappa shape index (κ1) is 13.5. The lowest BCUT2D eigenvalue weighted by molar-refractivity contribution is 0.152. The fourth-order valence-corrected chi connectivity index (χ4v) is 2.73. The van der Waals surface area contributed by atoms with E-state index in [4.69, 9.17) is 10.5 Å². The predicted octanol–water partition coefficient (Wildman–Crippen LogP) is 1.92. The van der Waals surface area contributed by atoms with Gasteiger partial charge in [-0.15, -0.1) is 0 Å². The summed E-state index contributed by atoms with van der Waals surface area (Å²) in [6, 6.07) is 6.57. The number of rotatable bonds is 5. The van der Waals surface area contributed by atoms with Crippen molar-refractivity contribution in [3.8, 4) is 0 Å². The Hall–Kier alpha value is -0.900. The molecule has 0 aliphatic carbocycles. The summed E-state index contributed by atoms with van der Waals surface area (Å²) >= 11 is 0. The van der Waals surface area contributed by atoms with Crippen LogP contribution in [0.5, 0.6) is 0 Å². The maximum Gasteiger partial charge on any atom is 0.0503 e. The van der Waals surface area contributed by atoms with E-state index in [1.54, 1.807) is 7.11 Å². The zero-order valence-electron chi connectivity index (χ0n) is 11.5. The molecular formula is C15H24N2O. The molecular weight excluding hydrogens is 224 g/mol. The lowest BCUT2D eigenvalue weighted by Crippen LogP contribution is -2.21. The van der Waals surface area contributed by atoms with Crippen molar-refractivity contribution in [2.45, 2.75) is 26.4 Å². The number of benzene rings is 1. The molecule has 0 aromatic heterocycles. The number of nitrogens with zero attached hydrogens (tertiary/aromatic N) is 1. The van der Waals surface area contributed by atoms with E-state index in [2.05, 4.69) is 30.0 Å². The number of hydrogen-bond acceptors (Lipinski definition) is 3. The summed E-state index contributed by atoms with van der Waals surface area (Å²) in [7, 11) is 1.79. The van der Waals surface area contributed by atoms with Gasteiger partial charge in [0.1, 0.15) is 0 Å². The average Bonchev–Trinajstić information content (AvgIpc) is 2.80. The maximum absolute atomic E-state index is 5.66. The topological polar surface area (TPSA) is 38.5 Å². The van der Waals surface area contributed by atoms with E-state index >= 15 is 0 Å². The Kier molecular flexibility index (Phi) is 4.75. The third-order valence-corrected chi connectivity index (χ3v) is 3.81. The Morgan fingerprint density at radius 1 is 1.44 bits per heavy atom. The van der Waals surface area contributed by atoms with Gasteiger partial charge >= 0.3 is 0 Å². The summed E-state index contributed by atoms with van der Waals surface area (Å²) in [5, 5.41) is 0. The first-order valence-corrected chi connectivity index (χ1v) is 6.72. The number of aryl methyl sites for hydroxylation is 1. The molecule has 2 N–H and O–H groups in total. The lowest BCUT2D eigenvalue weighted by atomic mass is 10.0. The van der Waals surface area contributed by atoms with E-state index in [0.29, 0.717) is 12.5 Å². The molecule has 1 saturated heterocycles. The van der Waals surface area contributed by atoms with E-state index < -0.39 is 0 Å². The molecule has 0 bridgehead atoms. The third-order valence-electron chi connectivity index (χ3n) is 3.81. The summed E-state index contributed by atoms with van der Waals surface area (Å²) in [6.07, 6.45) is 1.26. The van der Waals surface area contributed by atoms with Gasteiger partial charge in [0.05, 0.1) is 6.61 Å². The van der Waals surface area contributed by atoms with Crippen molar-refractivity contribution < 1.29 is 4.74 Å². The predicted molar refractivity (Wildman–Crippen MR) is 74.3 cm³/mol. The summed E-state index contributed by atoms with van der Waals surface area (Å²) in [4.78, 5) is 2.52. The monoisotopic (exact) mass is 248 g/mol. The number of likely N-dealkylation sites (tertiary alicyclic amines) is 1. The Morgan fingerprint density at radius 3 is 2.94 bits per heavy atom. The second-order valence-electron chi connectivity index (χ2n) is 5.31. The van der Waals surface area contributed by atoms with Gasteiger partial charge in [0, 0.05) is 26.7 Å². The molecule has 1 fully saturated rings. The summed E-state index contributed by atoms with van der Waals surface area (Å²) in [6.45, 7) is 7.09. The molecule has 0 radical (unpaired) electrons.